The van der Waals surface area contributed by atoms with Crippen LogP contribution in [0.5, 0.6) is 57.5 Å². The summed E-state index contributed by atoms with van der Waals surface area (Å²) in [5.74, 6) is 2.36. The van der Waals surface area contributed by atoms with Crippen LogP contribution in [0.3, 0.4) is 0 Å². The van der Waals surface area contributed by atoms with E-state index in [0.717, 1.165) is 55.6 Å². The van der Waals surface area contributed by atoms with Crippen LogP contribution in [0.25, 0.3) is 0 Å². The third-order valence-corrected chi connectivity index (χ3v) is 25.4. The van der Waals surface area contributed by atoms with Gasteiger partial charge in [0.05, 0.1) is 18.6 Å². The zero-order valence-corrected chi connectivity index (χ0v) is 62.7. The summed E-state index contributed by atoms with van der Waals surface area (Å²) >= 11 is 4.18. The first-order valence-electron chi connectivity index (χ1n) is 36.2. The fraction of sp³-hybridized carbons (Fsp3) is 0.217. The van der Waals surface area contributed by atoms with Crippen molar-refractivity contribution in [2.45, 2.75) is 128 Å². The van der Waals surface area contributed by atoms with Crippen molar-refractivity contribution in [3.8, 4) is 57.5 Å². The number of hydrogen-bond acceptors (Lipinski definition) is 12. The van der Waals surface area contributed by atoms with E-state index in [1.54, 1.807) is 0 Å². The normalized spacial score (nSPS) is 17.0. The summed E-state index contributed by atoms with van der Waals surface area (Å²) in [6.07, 6.45) is -1.98. The Labute approximate surface area is 630 Å². The third kappa shape index (κ3) is 15.9. The molecule has 0 fully saturated rings. The van der Waals surface area contributed by atoms with Gasteiger partial charge in [-0.15, -0.1) is 0 Å². The molecule has 0 saturated heterocycles. The summed E-state index contributed by atoms with van der Waals surface area (Å²) in [6, 6.07) is 97.2. The van der Waals surface area contributed by atoms with Crippen LogP contribution in [-0.4, -0.2) is 20.5 Å². The Bertz CT molecular complexity index is 4920. The van der Waals surface area contributed by atoms with Gasteiger partial charge < -0.3 is 56.5 Å². The van der Waals surface area contributed by atoms with Gasteiger partial charge in [-0.25, -0.2) is 0 Å². The molecule has 12 aromatic carbocycles. The molecule has 12 nitrogen and oxygen atoms in total. The lowest BCUT2D eigenvalue weighted by Gasteiger charge is -2.52. The van der Waals surface area contributed by atoms with Crippen molar-refractivity contribution in [2.24, 2.45) is 0 Å². The molecule has 0 saturated carbocycles. The second-order valence-corrected chi connectivity index (χ2v) is 34.1. The number of hydrogen-bond donors (Lipinski definition) is 0. The molecule has 2 bridgehead atoms. The second kappa shape index (κ2) is 31.9. The van der Waals surface area contributed by atoms with Gasteiger partial charge >= 0.3 is 5.79 Å². The van der Waals surface area contributed by atoms with Gasteiger partial charge in [-0.05, 0) is 114 Å². The van der Waals surface area contributed by atoms with Crippen LogP contribution in [0.1, 0.15) is 105 Å². The maximum absolute atomic E-state index is 8.14. The van der Waals surface area contributed by atoms with E-state index in [0.29, 0.717) is 98.3 Å². The van der Waals surface area contributed by atoms with Gasteiger partial charge in [0.15, 0.2) is 37.4 Å². The monoisotopic (exact) mass is 1490 g/mol. The van der Waals surface area contributed by atoms with E-state index in [9.17, 15) is 0 Å². The molecule has 5 atom stereocenters. The minimum atomic E-state index is -2.64. The highest BCUT2D eigenvalue weighted by atomic mass is 79.9. The molecule has 3 aliphatic rings. The van der Waals surface area contributed by atoms with Gasteiger partial charge in [0.1, 0.15) is 91.3 Å². The van der Waals surface area contributed by atoms with Crippen LogP contribution in [0.15, 0.2) is 296 Å². The standard InChI is InChI=1S/C92H85BrO12Si/c1-91(2,3)106(4,5)105-82-52-73-76(96-57-65-34-18-8-19-35-65)53-80-84(88(73)102-87(82)71-46-48-74(94-55-63-30-14-6-15-31-63)77(50-71)97-58-66-36-20-9-21-37-66)85-83-79(99-60-68-40-24-11-25-41-68)54-81(100-61-69-42-26-12-27-43-69)86(93)89(83)104-92(103-80,90(85)101-62-70-44-28-13-29-45-70)72-47-49-75(95-56-64-32-16-7-17-33-64)78(51-72)98-59-67-38-22-10-23-39-67/h6-51,53-54,82,85,87,90H,52,55-62H2,1-5H3/t82-,85-,87-,90-,92-/m1/s1. The summed E-state index contributed by atoms with van der Waals surface area (Å²) in [5.41, 5.74) is 11.4. The van der Waals surface area contributed by atoms with Crippen molar-refractivity contribution in [3.05, 3.63) is 368 Å². The Morgan fingerprint density at radius 3 is 1.22 bits per heavy atom. The predicted molar refractivity (Wildman–Crippen MR) is 418 cm³/mol. The topological polar surface area (TPSA) is 111 Å². The molecule has 3 aliphatic heterocycles. The van der Waals surface area contributed by atoms with E-state index in [-0.39, 0.29) is 44.7 Å². The molecule has 0 unspecified atom stereocenters. The Balaban J connectivity index is 0.975. The summed E-state index contributed by atoms with van der Waals surface area (Å²) in [4.78, 5) is 0. The number of benzene rings is 12. The maximum Gasteiger partial charge on any atom is 0.305 e. The van der Waals surface area contributed by atoms with Gasteiger partial charge in [-0.2, -0.15) is 0 Å². The Hall–Kier alpha value is -10.7. The van der Waals surface area contributed by atoms with E-state index >= 15 is 0 Å². The first kappa shape index (κ1) is 70.9. The summed E-state index contributed by atoms with van der Waals surface area (Å²) in [5, 5.41) is -0.197. The summed E-state index contributed by atoms with van der Waals surface area (Å²) in [6.45, 7) is 13.3. The van der Waals surface area contributed by atoms with Gasteiger partial charge in [0.2, 0.25) is 0 Å². The molecule has 3 heterocycles. The first-order chi connectivity index (χ1) is 51.8. The van der Waals surface area contributed by atoms with Crippen LogP contribution in [-0.2, 0) is 74.2 Å². The lowest BCUT2D eigenvalue weighted by atomic mass is 9.73. The van der Waals surface area contributed by atoms with E-state index in [4.69, 9.17) is 56.5 Å². The molecule has 12 aromatic rings. The fourth-order valence-electron chi connectivity index (χ4n) is 13.6. The lowest BCUT2D eigenvalue weighted by Crippen LogP contribution is -2.59. The molecule has 0 N–H and O–H groups in total. The van der Waals surface area contributed by atoms with Crippen LogP contribution >= 0.6 is 15.9 Å². The Morgan fingerprint density at radius 1 is 0.387 bits per heavy atom. The second-order valence-electron chi connectivity index (χ2n) is 28.5. The average Bonchev–Trinajstić information content (AvgIpc) is 0.685. The van der Waals surface area contributed by atoms with Crippen molar-refractivity contribution >= 4 is 24.2 Å². The van der Waals surface area contributed by atoms with Gasteiger partial charge in [0, 0.05) is 40.8 Å². The maximum atomic E-state index is 8.14. The molecule has 0 spiro atoms. The molecule has 0 radical (unpaired) electrons. The lowest BCUT2D eigenvalue weighted by molar-refractivity contribution is -0.238. The summed E-state index contributed by atoms with van der Waals surface area (Å²) in [7, 11) is -2.64. The quantitative estimate of drug-likeness (QED) is 0.0435. The molecule has 0 aromatic heterocycles. The minimum Gasteiger partial charge on any atom is -0.488 e. The van der Waals surface area contributed by atoms with Crippen LogP contribution in [0.4, 0.5) is 0 Å². The average molecular weight is 1490 g/mol. The zero-order valence-electron chi connectivity index (χ0n) is 60.2. The number of ether oxygens (including phenoxy) is 11. The third-order valence-electron chi connectivity index (χ3n) is 20.2. The Morgan fingerprint density at radius 2 is 0.774 bits per heavy atom. The molecular formula is C92H85BrO12Si. The van der Waals surface area contributed by atoms with E-state index < -0.39 is 38.3 Å². The van der Waals surface area contributed by atoms with Crippen molar-refractivity contribution in [1.82, 2.24) is 0 Å². The van der Waals surface area contributed by atoms with E-state index in [1.807, 2.05) is 218 Å². The highest BCUT2D eigenvalue weighted by Gasteiger charge is 2.62. The zero-order chi connectivity index (χ0) is 72.5. The van der Waals surface area contributed by atoms with Crippen molar-refractivity contribution < 1.29 is 56.5 Å². The van der Waals surface area contributed by atoms with Gasteiger partial charge in [0.25, 0.3) is 0 Å². The first-order valence-corrected chi connectivity index (χ1v) is 39.9. The SMILES string of the molecule is CC(C)(C)[Si](C)(C)O[C@@H]1Cc2c(OCc3ccccc3)cc3c(c2O[C@@H]1c1ccc(OCc2ccccc2)c(OCc2ccccc2)c1)[C@H]1c2c(OCc4ccccc4)cc(OCc4ccccc4)c(Br)c2O[C@@](c2ccc(OCc4ccccc4)c(OCc4ccccc4)c2)(O3)[C@@H]1OCc1ccccc1. The molecule has 536 valence electrons. The molecule has 0 amide bonds. The van der Waals surface area contributed by atoms with Crippen LogP contribution in [0.2, 0.25) is 18.1 Å². The smallest absolute Gasteiger partial charge is 0.305 e. The van der Waals surface area contributed by atoms with E-state index in [2.05, 4.69) is 123 Å². The molecule has 15 rings (SSSR count). The predicted octanol–water partition coefficient (Wildman–Crippen LogP) is 21.9. The number of rotatable bonds is 28. The van der Waals surface area contributed by atoms with Crippen LogP contribution in [0, 0.1) is 0 Å². The van der Waals surface area contributed by atoms with Crippen molar-refractivity contribution in [1.29, 1.82) is 0 Å². The highest BCUT2D eigenvalue weighted by Crippen LogP contribution is 2.66. The molecule has 14 heteroatoms. The Kier molecular flexibility index (Phi) is 21.3. The van der Waals surface area contributed by atoms with Gasteiger partial charge in [-0.3, -0.25) is 0 Å². The minimum absolute atomic E-state index is 0.146. The van der Waals surface area contributed by atoms with Crippen molar-refractivity contribution in [2.75, 3.05) is 0 Å². The highest BCUT2D eigenvalue weighted by molar-refractivity contribution is 9.10. The number of halogens is 1. The fourth-order valence-corrected chi connectivity index (χ4v) is 15.4. The van der Waals surface area contributed by atoms with Crippen molar-refractivity contribution in [3.63, 3.8) is 0 Å². The largest absolute Gasteiger partial charge is 0.488 e. The molecular weight excluding hydrogens is 1400 g/mol. The van der Waals surface area contributed by atoms with Gasteiger partial charge in [-0.1, -0.05) is 269 Å². The molecule has 106 heavy (non-hydrogen) atoms. The van der Waals surface area contributed by atoms with E-state index in [1.165, 1.54) is 0 Å². The molecule has 0 aliphatic carbocycles. The van der Waals surface area contributed by atoms with Crippen LogP contribution < -0.4 is 47.4 Å². The number of fused-ring (bicyclic) bond motifs is 8. The summed E-state index contributed by atoms with van der Waals surface area (Å²) < 4.78 is 89.2.